The van der Waals surface area contributed by atoms with Crippen molar-refractivity contribution in [3.63, 3.8) is 0 Å². The summed E-state index contributed by atoms with van der Waals surface area (Å²) in [7, 11) is 0. The fourth-order valence-corrected chi connectivity index (χ4v) is 2.81. The van der Waals surface area contributed by atoms with Crippen LogP contribution in [0, 0.1) is 11.3 Å². The minimum atomic E-state index is -0.403. The number of nitriles is 1. The lowest BCUT2D eigenvalue weighted by Crippen LogP contribution is -2.17. The van der Waals surface area contributed by atoms with E-state index in [1.54, 1.807) is 24.3 Å². The third-order valence-corrected chi connectivity index (χ3v) is 4.51. The number of hydrogen-bond donors (Lipinski definition) is 2. The normalized spacial score (nSPS) is 10.7. The molecule has 0 spiro atoms. The predicted molar refractivity (Wildman–Crippen MR) is 116 cm³/mol. The number of nitrogens with zero attached hydrogens (tertiary/aromatic N) is 2. The highest BCUT2D eigenvalue weighted by Gasteiger charge is 2.15. The molecule has 2 amide bonds. The first-order valence-electron chi connectivity index (χ1n) is 9.46. The summed E-state index contributed by atoms with van der Waals surface area (Å²) in [4.78, 5) is 29.2. The van der Waals surface area contributed by atoms with Crippen LogP contribution in [0.4, 0.5) is 11.4 Å². The number of benzene rings is 2. The fourth-order valence-electron chi connectivity index (χ4n) is 2.81. The van der Waals surface area contributed by atoms with Crippen LogP contribution in [0.25, 0.3) is 0 Å². The Morgan fingerprint density at radius 1 is 0.900 bits per heavy atom. The Kier molecular flexibility index (Phi) is 5.93. The lowest BCUT2D eigenvalue weighted by Gasteiger charge is -2.19. The largest absolute Gasteiger partial charge is 0.322 e. The summed E-state index contributed by atoms with van der Waals surface area (Å²) in [5.74, 6) is -0.796. The monoisotopic (exact) mass is 398 g/mol. The summed E-state index contributed by atoms with van der Waals surface area (Å²) in [6.07, 6.45) is 1.41. The average molecular weight is 398 g/mol. The number of pyridine rings is 1. The first-order valence-corrected chi connectivity index (χ1v) is 9.46. The molecule has 1 heterocycles. The maximum atomic E-state index is 12.6. The molecule has 0 unspecified atom stereocenters. The Morgan fingerprint density at radius 3 is 2.27 bits per heavy atom. The van der Waals surface area contributed by atoms with Gasteiger partial charge >= 0.3 is 0 Å². The van der Waals surface area contributed by atoms with Gasteiger partial charge in [-0.3, -0.25) is 14.6 Å². The summed E-state index contributed by atoms with van der Waals surface area (Å²) in [6.45, 7) is 6.37. The van der Waals surface area contributed by atoms with E-state index < -0.39 is 11.8 Å². The number of rotatable bonds is 4. The topological polar surface area (TPSA) is 94.9 Å². The Bertz CT molecular complexity index is 1120. The molecule has 0 aliphatic carbocycles. The van der Waals surface area contributed by atoms with Gasteiger partial charge in [0.2, 0.25) is 0 Å². The number of amides is 2. The molecule has 0 bridgehead atoms. The number of hydrogen-bond acceptors (Lipinski definition) is 4. The molecule has 150 valence electrons. The van der Waals surface area contributed by atoms with Crippen molar-refractivity contribution in [3.05, 3.63) is 89.2 Å². The van der Waals surface area contributed by atoms with Gasteiger partial charge in [-0.25, -0.2) is 0 Å². The Hall–Kier alpha value is -3.98. The first-order chi connectivity index (χ1) is 14.3. The zero-order chi connectivity index (χ0) is 21.7. The van der Waals surface area contributed by atoms with Crippen molar-refractivity contribution in [2.24, 2.45) is 0 Å². The minimum Gasteiger partial charge on any atom is -0.322 e. The van der Waals surface area contributed by atoms with Gasteiger partial charge in [0.25, 0.3) is 11.8 Å². The highest BCUT2D eigenvalue weighted by Crippen LogP contribution is 2.23. The Labute approximate surface area is 175 Å². The van der Waals surface area contributed by atoms with E-state index in [2.05, 4.69) is 36.4 Å². The molecule has 0 saturated carbocycles. The van der Waals surface area contributed by atoms with Crippen LogP contribution < -0.4 is 10.6 Å². The summed E-state index contributed by atoms with van der Waals surface area (Å²) >= 11 is 0. The van der Waals surface area contributed by atoms with Gasteiger partial charge in [-0.2, -0.15) is 5.26 Å². The smallest absolute Gasteiger partial charge is 0.274 e. The summed E-state index contributed by atoms with van der Waals surface area (Å²) in [6, 6.07) is 19.2. The third kappa shape index (κ3) is 5.09. The SMILES string of the molecule is CC(C)(C)c1ccc(NC(=O)c2cc(C(=O)Nc3cccc(C#N)c3)ccn2)cc1. The molecule has 0 aliphatic rings. The Morgan fingerprint density at radius 2 is 1.60 bits per heavy atom. The van der Waals surface area contributed by atoms with Crippen LogP contribution in [0.2, 0.25) is 0 Å². The van der Waals surface area contributed by atoms with Crippen LogP contribution >= 0.6 is 0 Å². The van der Waals surface area contributed by atoms with Gasteiger partial charge in [0.05, 0.1) is 11.6 Å². The van der Waals surface area contributed by atoms with E-state index in [1.165, 1.54) is 18.3 Å². The molecule has 0 aliphatic heterocycles. The highest BCUT2D eigenvalue weighted by atomic mass is 16.2. The van der Waals surface area contributed by atoms with E-state index in [0.29, 0.717) is 22.5 Å². The summed E-state index contributed by atoms with van der Waals surface area (Å²) < 4.78 is 0. The van der Waals surface area contributed by atoms with Crippen molar-refractivity contribution in [3.8, 4) is 6.07 Å². The minimum absolute atomic E-state index is 0.0263. The van der Waals surface area contributed by atoms with Crippen molar-refractivity contribution in [1.29, 1.82) is 5.26 Å². The molecular formula is C24H22N4O2. The second-order valence-electron chi connectivity index (χ2n) is 7.86. The number of nitrogens with one attached hydrogen (secondary N) is 2. The van der Waals surface area contributed by atoms with E-state index >= 15 is 0 Å². The number of carbonyl (C=O) groups is 2. The molecule has 2 N–H and O–H groups in total. The van der Waals surface area contributed by atoms with Crippen LogP contribution in [0.15, 0.2) is 66.9 Å². The molecule has 30 heavy (non-hydrogen) atoms. The molecule has 6 heteroatoms. The van der Waals surface area contributed by atoms with Gasteiger partial charge in [-0.05, 0) is 53.4 Å². The van der Waals surface area contributed by atoms with E-state index in [9.17, 15) is 9.59 Å². The van der Waals surface area contributed by atoms with Gasteiger partial charge in [0.1, 0.15) is 5.69 Å². The van der Waals surface area contributed by atoms with Gasteiger partial charge < -0.3 is 10.6 Å². The van der Waals surface area contributed by atoms with Crippen molar-refractivity contribution >= 4 is 23.2 Å². The number of anilines is 2. The maximum absolute atomic E-state index is 12.6. The van der Waals surface area contributed by atoms with E-state index in [4.69, 9.17) is 5.26 Å². The molecule has 2 aromatic carbocycles. The third-order valence-electron chi connectivity index (χ3n) is 4.51. The molecule has 0 fully saturated rings. The van der Waals surface area contributed by atoms with Crippen molar-refractivity contribution in [2.45, 2.75) is 26.2 Å². The molecule has 0 radical (unpaired) electrons. The molecule has 3 aromatic rings. The van der Waals surface area contributed by atoms with Gasteiger partial charge in [-0.15, -0.1) is 0 Å². The van der Waals surface area contributed by atoms with Crippen molar-refractivity contribution in [2.75, 3.05) is 10.6 Å². The molecule has 1 aromatic heterocycles. The zero-order valence-corrected chi connectivity index (χ0v) is 17.1. The molecular weight excluding hydrogens is 376 g/mol. The average Bonchev–Trinajstić information content (AvgIpc) is 2.73. The van der Waals surface area contributed by atoms with Crippen molar-refractivity contribution in [1.82, 2.24) is 4.98 Å². The lowest BCUT2D eigenvalue weighted by molar-refractivity contribution is 0.102. The second-order valence-corrected chi connectivity index (χ2v) is 7.86. The van der Waals surface area contributed by atoms with Gasteiger partial charge in [0, 0.05) is 23.1 Å². The second kappa shape index (κ2) is 8.58. The highest BCUT2D eigenvalue weighted by molar-refractivity contribution is 6.07. The van der Waals surface area contributed by atoms with E-state index in [0.717, 1.165) is 5.56 Å². The predicted octanol–water partition coefficient (Wildman–Crippen LogP) is 4.76. The Balaban J connectivity index is 1.72. The van der Waals surface area contributed by atoms with Crippen molar-refractivity contribution < 1.29 is 9.59 Å². The number of carbonyl (C=O) groups excluding carboxylic acids is 2. The summed E-state index contributed by atoms with van der Waals surface area (Å²) in [5.41, 5.74) is 3.21. The van der Waals surface area contributed by atoms with Gasteiger partial charge in [-0.1, -0.05) is 39.0 Å². The lowest BCUT2D eigenvalue weighted by atomic mass is 9.87. The zero-order valence-electron chi connectivity index (χ0n) is 17.1. The van der Waals surface area contributed by atoms with Crippen LogP contribution in [0.1, 0.15) is 52.7 Å². The van der Waals surface area contributed by atoms with Crippen LogP contribution in [0.5, 0.6) is 0 Å². The summed E-state index contributed by atoms with van der Waals surface area (Å²) in [5, 5.41) is 14.5. The van der Waals surface area contributed by atoms with E-state index in [1.807, 2.05) is 30.3 Å². The first kappa shape index (κ1) is 20.7. The maximum Gasteiger partial charge on any atom is 0.274 e. The van der Waals surface area contributed by atoms with Crippen LogP contribution in [-0.4, -0.2) is 16.8 Å². The molecule has 3 rings (SSSR count). The fraction of sp³-hybridized carbons (Fsp3) is 0.167. The quantitative estimate of drug-likeness (QED) is 0.663. The molecule has 0 saturated heterocycles. The standard InChI is InChI=1S/C24H22N4O2/c1-24(2,3)18-7-9-19(10-8-18)27-23(30)21-14-17(11-12-26-21)22(29)28-20-6-4-5-16(13-20)15-25/h4-14H,1-3H3,(H,27,30)(H,28,29). The van der Waals surface area contributed by atoms with Gasteiger partial charge in [0.15, 0.2) is 0 Å². The van der Waals surface area contributed by atoms with Crippen LogP contribution in [0.3, 0.4) is 0 Å². The number of aromatic nitrogens is 1. The van der Waals surface area contributed by atoms with E-state index in [-0.39, 0.29) is 11.1 Å². The molecule has 0 atom stereocenters. The van der Waals surface area contributed by atoms with Crippen LogP contribution in [-0.2, 0) is 5.41 Å². The molecule has 6 nitrogen and oxygen atoms in total.